The van der Waals surface area contributed by atoms with Crippen molar-refractivity contribution >= 4 is 23.2 Å². The van der Waals surface area contributed by atoms with Crippen LogP contribution in [-0.4, -0.2) is 41.7 Å². The van der Waals surface area contributed by atoms with E-state index in [1.165, 1.54) is 0 Å². The van der Waals surface area contributed by atoms with E-state index in [4.69, 9.17) is 11.6 Å². The molecule has 1 aromatic rings. The van der Waals surface area contributed by atoms with E-state index < -0.39 is 23.8 Å². The van der Waals surface area contributed by atoms with Gasteiger partial charge in [0.2, 0.25) is 5.91 Å². The molecule has 0 unspecified atom stereocenters. The normalized spacial score (nSPS) is 19.8. The molecule has 1 saturated heterocycles. The second kappa shape index (κ2) is 6.21. The first-order valence-electron chi connectivity index (χ1n) is 6.33. The van der Waals surface area contributed by atoms with Crippen molar-refractivity contribution in [2.45, 2.75) is 18.7 Å². The highest BCUT2D eigenvalue weighted by Crippen LogP contribution is 2.33. The van der Waals surface area contributed by atoms with Gasteiger partial charge >= 0.3 is 6.18 Å². The molecule has 0 bridgehead atoms. The topological polar surface area (TPSA) is 52.6 Å². The first-order valence-corrected chi connectivity index (χ1v) is 6.70. The summed E-state index contributed by atoms with van der Waals surface area (Å²) in [5.41, 5.74) is -0.949. The number of likely N-dealkylation sites (tertiary alicyclic amines) is 1. The molecule has 0 aliphatic carbocycles. The predicted octanol–water partition coefficient (Wildman–Crippen LogP) is 2.36. The van der Waals surface area contributed by atoms with E-state index in [0.29, 0.717) is 19.5 Å². The monoisotopic (exact) mass is 322 g/mol. The summed E-state index contributed by atoms with van der Waals surface area (Å²) in [4.78, 5) is 13.5. The highest BCUT2D eigenvalue weighted by Gasteiger charge is 2.31. The number of benzene rings is 1. The van der Waals surface area contributed by atoms with E-state index in [2.05, 4.69) is 5.32 Å². The maximum Gasteiger partial charge on any atom is 0.416 e. The summed E-state index contributed by atoms with van der Waals surface area (Å²) in [6.07, 6.45) is -4.38. The van der Waals surface area contributed by atoms with E-state index in [1.807, 2.05) is 0 Å². The van der Waals surface area contributed by atoms with Crippen molar-refractivity contribution in [3.05, 3.63) is 28.8 Å². The highest BCUT2D eigenvalue weighted by molar-refractivity contribution is 6.33. The number of rotatable bonds is 3. The minimum absolute atomic E-state index is 0.00361. The maximum absolute atomic E-state index is 12.6. The van der Waals surface area contributed by atoms with Gasteiger partial charge in [-0.1, -0.05) is 11.6 Å². The average molecular weight is 323 g/mol. The Kier molecular flexibility index (Phi) is 4.75. The van der Waals surface area contributed by atoms with Gasteiger partial charge in [0.05, 0.1) is 28.9 Å². The SMILES string of the molecule is O=C(CN1CC[C@H](O)C1)Nc1cc(C(F)(F)F)ccc1Cl. The Hall–Kier alpha value is -1.31. The number of β-amino-alcohol motifs (C(OH)–C–C–N with tert-alkyl or cyclic N) is 1. The van der Waals surface area contributed by atoms with Crippen LogP contribution < -0.4 is 5.32 Å². The van der Waals surface area contributed by atoms with Crippen LogP contribution in [-0.2, 0) is 11.0 Å². The average Bonchev–Trinajstić information content (AvgIpc) is 2.76. The number of carbonyl (C=O) groups is 1. The fourth-order valence-electron chi connectivity index (χ4n) is 2.15. The number of hydrogen-bond donors (Lipinski definition) is 2. The predicted molar refractivity (Wildman–Crippen MR) is 72.1 cm³/mol. The van der Waals surface area contributed by atoms with E-state index in [-0.39, 0.29) is 17.3 Å². The van der Waals surface area contributed by atoms with E-state index in [0.717, 1.165) is 18.2 Å². The molecule has 0 radical (unpaired) electrons. The van der Waals surface area contributed by atoms with Gasteiger partial charge in [-0.2, -0.15) is 13.2 Å². The van der Waals surface area contributed by atoms with E-state index >= 15 is 0 Å². The van der Waals surface area contributed by atoms with Gasteiger partial charge in [-0.05, 0) is 24.6 Å². The molecule has 1 fully saturated rings. The third-order valence-electron chi connectivity index (χ3n) is 3.18. The molecule has 21 heavy (non-hydrogen) atoms. The summed E-state index contributed by atoms with van der Waals surface area (Å²) < 4.78 is 37.8. The quantitative estimate of drug-likeness (QED) is 0.898. The van der Waals surface area contributed by atoms with Crippen LogP contribution in [0, 0.1) is 0 Å². The fraction of sp³-hybridized carbons (Fsp3) is 0.462. The molecular weight excluding hydrogens is 309 g/mol. The van der Waals surface area contributed by atoms with Crippen LogP contribution in [0.3, 0.4) is 0 Å². The standard InChI is InChI=1S/C13H14ClF3N2O2/c14-10-2-1-8(13(15,16)17)5-11(10)18-12(21)7-19-4-3-9(20)6-19/h1-2,5,9,20H,3-4,6-7H2,(H,18,21)/t9-/m0/s1. The number of anilines is 1. The molecule has 4 nitrogen and oxygen atoms in total. The van der Waals surface area contributed by atoms with Crippen molar-refractivity contribution in [3.8, 4) is 0 Å². The van der Waals surface area contributed by atoms with Crippen LogP contribution >= 0.6 is 11.6 Å². The number of alkyl halides is 3. The molecule has 0 saturated carbocycles. The molecule has 8 heteroatoms. The Balaban J connectivity index is 2.03. The third-order valence-corrected chi connectivity index (χ3v) is 3.51. The van der Waals surface area contributed by atoms with Crippen LogP contribution in [0.4, 0.5) is 18.9 Å². The Morgan fingerprint density at radius 2 is 2.19 bits per heavy atom. The summed E-state index contributed by atoms with van der Waals surface area (Å²) in [5, 5.41) is 11.8. The van der Waals surface area contributed by atoms with Crippen molar-refractivity contribution in [3.63, 3.8) is 0 Å². The zero-order valence-corrected chi connectivity index (χ0v) is 11.7. The minimum Gasteiger partial charge on any atom is -0.392 e. The molecule has 1 heterocycles. The lowest BCUT2D eigenvalue weighted by Crippen LogP contribution is -2.32. The van der Waals surface area contributed by atoms with E-state index in [1.54, 1.807) is 4.90 Å². The summed E-state index contributed by atoms with van der Waals surface area (Å²) in [6.45, 7) is 0.957. The first kappa shape index (κ1) is 16.1. The Morgan fingerprint density at radius 1 is 1.48 bits per heavy atom. The Labute approximate surface area is 124 Å². The molecule has 0 spiro atoms. The largest absolute Gasteiger partial charge is 0.416 e. The Morgan fingerprint density at radius 3 is 2.76 bits per heavy atom. The van der Waals surface area contributed by atoms with E-state index in [9.17, 15) is 23.1 Å². The molecule has 1 aromatic carbocycles. The molecule has 1 aliphatic rings. The van der Waals surface area contributed by atoms with Crippen LogP contribution in [0.1, 0.15) is 12.0 Å². The van der Waals surface area contributed by atoms with Crippen molar-refractivity contribution in [1.29, 1.82) is 0 Å². The fourth-order valence-corrected chi connectivity index (χ4v) is 2.31. The lowest BCUT2D eigenvalue weighted by atomic mass is 10.2. The number of amides is 1. The number of nitrogens with one attached hydrogen (secondary N) is 1. The Bertz CT molecular complexity index is 537. The van der Waals surface area contributed by atoms with Gasteiger partial charge in [-0.15, -0.1) is 0 Å². The molecule has 2 N–H and O–H groups in total. The van der Waals surface area contributed by atoms with Crippen LogP contribution in [0.5, 0.6) is 0 Å². The van der Waals surface area contributed by atoms with Crippen molar-refractivity contribution in [2.75, 3.05) is 25.0 Å². The van der Waals surface area contributed by atoms with Crippen molar-refractivity contribution < 1.29 is 23.1 Å². The summed E-state index contributed by atoms with van der Waals surface area (Å²) in [6, 6.07) is 2.76. The number of aliphatic hydroxyl groups is 1. The van der Waals surface area contributed by atoms with Gasteiger partial charge in [-0.25, -0.2) is 0 Å². The number of halogens is 4. The second-order valence-corrected chi connectivity index (χ2v) is 5.33. The first-order chi connectivity index (χ1) is 9.75. The smallest absolute Gasteiger partial charge is 0.392 e. The molecule has 0 aromatic heterocycles. The van der Waals surface area contributed by atoms with Gasteiger partial charge in [-0.3, -0.25) is 9.69 Å². The van der Waals surface area contributed by atoms with Crippen LogP contribution in [0.2, 0.25) is 5.02 Å². The molecule has 116 valence electrons. The lowest BCUT2D eigenvalue weighted by Gasteiger charge is -2.16. The van der Waals surface area contributed by atoms with Crippen molar-refractivity contribution in [2.24, 2.45) is 0 Å². The molecule has 1 amide bonds. The lowest BCUT2D eigenvalue weighted by molar-refractivity contribution is -0.137. The molecule has 1 aliphatic heterocycles. The minimum atomic E-state index is -4.50. The van der Waals surface area contributed by atoms with Crippen LogP contribution in [0.25, 0.3) is 0 Å². The molecular formula is C13H14ClF3N2O2. The zero-order valence-electron chi connectivity index (χ0n) is 11.0. The van der Waals surface area contributed by atoms with Crippen LogP contribution in [0.15, 0.2) is 18.2 Å². The zero-order chi connectivity index (χ0) is 15.6. The van der Waals surface area contributed by atoms with Gasteiger partial charge in [0.25, 0.3) is 0 Å². The number of aliphatic hydroxyl groups excluding tert-OH is 1. The number of carbonyl (C=O) groups excluding carboxylic acids is 1. The summed E-state index contributed by atoms with van der Waals surface area (Å²) >= 11 is 5.79. The van der Waals surface area contributed by atoms with Gasteiger partial charge in [0.15, 0.2) is 0 Å². The number of hydrogen-bond acceptors (Lipinski definition) is 3. The molecule has 2 rings (SSSR count). The van der Waals surface area contributed by atoms with Gasteiger partial charge in [0.1, 0.15) is 0 Å². The van der Waals surface area contributed by atoms with Crippen molar-refractivity contribution in [1.82, 2.24) is 4.90 Å². The van der Waals surface area contributed by atoms with Gasteiger partial charge < -0.3 is 10.4 Å². The third kappa shape index (κ3) is 4.33. The summed E-state index contributed by atoms with van der Waals surface area (Å²) in [7, 11) is 0. The van der Waals surface area contributed by atoms with Gasteiger partial charge in [0, 0.05) is 13.1 Å². The summed E-state index contributed by atoms with van der Waals surface area (Å²) in [5.74, 6) is -0.467. The maximum atomic E-state index is 12.6. The molecule has 1 atom stereocenters. The number of nitrogens with zero attached hydrogens (tertiary/aromatic N) is 1. The highest BCUT2D eigenvalue weighted by atomic mass is 35.5. The second-order valence-electron chi connectivity index (χ2n) is 4.92.